The Bertz CT molecular complexity index is 268. The summed E-state index contributed by atoms with van der Waals surface area (Å²) in [5, 5.41) is 4.68. The molecule has 1 N–H and O–H groups in total. The van der Waals surface area contributed by atoms with Gasteiger partial charge in [0.1, 0.15) is 0 Å². The van der Waals surface area contributed by atoms with Crippen LogP contribution in [0.2, 0.25) is 0 Å². The minimum atomic E-state index is 0.376. The van der Waals surface area contributed by atoms with Gasteiger partial charge < -0.3 is 10.1 Å². The first-order chi connectivity index (χ1) is 7.70. The number of ether oxygens (including phenoxy) is 1. The highest BCUT2D eigenvalue weighted by molar-refractivity contribution is 8.14. The first-order valence-corrected chi connectivity index (χ1v) is 7.19. The molecule has 92 valence electrons. The molecule has 0 aromatic carbocycles. The van der Waals surface area contributed by atoms with Gasteiger partial charge in [0, 0.05) is 12.9 Å². The molecule has 0 aromatic heterocycles. The van der Waals surface area contributed by atoms with Crippen LogP contribution in [0, 0.1) is 5.92 Å². The van der Waals surface area contributed by atoms with Gasteiger partial charge in [-0.05, 0) is 25.2 Å². The minimum absolute atomic E-state index is 0.376. The lowest BCUT2D eigenvalue weighted by molar-refractivity contribution is 0.0910. The van der Waals surface area contributed by atoms with Crippen molar-refractivity contribution in [2.45, 2.75) is 51.3 Å². The van der Waals surface area contributed by atoms with E-state index in [0.717, 1.165) is 10.9 Å². The van der Waals surface area contributed by atoms with Crippen LogP contribution in [0.1, 0.15) is 33.1 Å². The highest BCUT2D eigenvalue weighted by Crippen LogP contribution is 2.26. The molecule has 2 unspecified atom stereocenters. The van der Waals surface area contributed by atoms with Crippen LogP contribution in [0.3, 0.4) is 0 Å². The van der Waals surface area contributed by atoms with E-state index in [4.69, 9.17) is 9.73 Å². The molecule has 1 aliphatic heterocycles. The molecule has 3 atom stereocenters. The van der Waals surface area contributed by atoms with Crippen molar-refractivity contribution in [3.05, 3.63) is 0 Å². The zero-order chi connectivity index (χ0) is 11.5. The second kappa shape index (κ2) is 5.41. The van der Waals surface area contributed by atoms with Gasteiger partial charge in [-0.3, -0.25) is 4.99 Å². The molecule has 2 aliphatic rings. The molecular weight excluding hydrogens is 220 g/mol. The molecular formula is C12H22N2OS. The molecule has 1 heterocycles. The maximum atomic E-state index is 5.48. The van der Waals surface area contributed by atoms with Crippen LogP contribution < -0.4 is 5.32 Å². The second-order valence-corrected chi connectivity index (χ2v) is 6.02. The third kappa shape index (κ3) is 2.72. The van der Waals surface area contributed by atoms with Crippen molar-refractivity contribution in [1.82, 2.24) is 5.32 Å². The Kier molecular flexibility index (Phi) is 4.14. The van der Waals surface area contributed by atoms with Gasteiger partial charge in [0.15, 0.2) is 5.17 Å². The van der Waals surface area contributed by atoms with Crippen molar-refractivity contribution >= 4 is 16.9 Å². The number of nitrogens with one attached hydrogen (secondary N) is 1. The summed E-state index contributed by atoms with van der Waals surface area (Å²) in [6.45, 7) is 4.48. The summed E-state index contributed by atoms with van der Waals surface area (Å²) in [6, 6.07) is 0.970. The lowest BCUT2D eigenvalue weighted by atomic mass is 10.1. The number of hydrogen-bond donors (Lipinski definition) is 1. The molecule has 0 amide bonds. The maximum Gasteiger partial charge on any atom is 0.157 e. The topological polar surface area (TPSA) is 33.6 Å². The highest BCUT2D eigenvalue weighted by Gasteiger charge is 2.30. The van der Waals surface area contributed by atoms with E-state index >= 15 is 0 Å². The molecule has 0 spiro atoms. The number of methoxy groups -OCH3 is 1. The average Bonchev–Trinajstić information content (AvgIpc) is 2.87. The third-order valence-electron chi connectivity index (χ3n) is 3.51. The summed E-state index contributed by atoms with van der Waals surface area (Å²) in [7, 11) is 1.81. The van der Waals surface area contributed by atoms with E-state index in [2.05, 4.69) is 19.2 Å². The summed E-state index contributed by atoms with van der Waals surface area (Å²) in [6.07, 6.45) is 4.03. The third-order valence-corrected chi connectivity index (χ3v) is 4.51. The van der Waals surface area contributed by atoms with Crippen molar-refractivity contribution in [3.8, 4) is 0 Å². The van der Waals surface area contributed by atoms with Crippen molar-refractivity contribution < 1.29 is 4.74 Å². The zero-order valence-electron chi connectivity index (χ0n) is 10.4. The molecule has 1 aliphatic carbocycles. The Hall–Kier alpha value is -0.220. The standard InChI is InChI=1S/C12H22N2OS/c1-8(2)10-7-16-12(14-10)13-9-5-4-6-11(9)15-3/h8-11H,4-7H2,1-3H3,(H,13,14)/t9?,10-,11?/m1/s1. The quantitative estimate of drug-likeness (QED) is 0.824. The predicted molar refractivity (Wildman–Crippen MR) is 70.1 cm³/mol. The number of nitrogens with zero attached hydrogens (tertiary/aromatic N) is 1. The fraction of sp³-hybridized carbons (Fsp3) is 0.917. The van der Waals surface area contributed by atoms with Crippen LogP contribution in [0.4, 0.5) is 0 Å². The number of aliphatic imine (C=N–C) groups is 1. The zero-order valence-corrected chi connectivity index (χ0v) is 11.2. The summed E-state index contributed by atoms with van der Waals surface area (Å²) in [5.74, 6) is 1.78. The molecule has 0 saturated heterocycles. The first-order valence-electron chi connectivity index (χ1n) is 6.20. The van der Waals surface area contributed by atoms with Gasteiger partial charge in [-0.15, -0.1) is 0 Å². The minimum Gasteiger partial charge on any atom is -0.379 e. The van der Waals surface area contributed by atoms with Crippen LogP contribution in [0.15, 0.2) is 4.99 Å². The number of hydrogen-bond acceptors (Lipinski definition) is 4. The lowest BCUT2D eigenvalue weighted by Gasteiger charge is -2.20. The molecule has 1 saturated carbocycles. The van der Waals surface area contributed by atoms with Gasteiger partial charge in [0.25, 0.3) is 0 Å². The number of amidine groups is 1. The molecule has 16 heavy (non-hydrogen) atoms. The van der Waals surface area contributed by atoms with Crippen LogP contribution in [0.25, 0.3) is 0 Å². The summed E-state index contributed by atoms with van der Waals surface area (Å²) in [4.78, 5) is 4.73. The molecule has 2 rings (SSSR count). The largest absolute Gasteiger partial charge is 0.379 e. The molecule has 0 radical (unpaired) electrons. The summed E-state index contributed by atoms with van der Waals surface area (Å²) < 4.78 is 5.48. The molecule has 0 aromatic rings. The van der Waals surface area contributed by atoms with E-state index in [1.54, 1.807) is 0 Å². The lowest BCUT2D eigenvalue weighted by Crippen LogP contribution is -2.39. The van der Waals surface area contributed by atoms with E-state index in [0.29, 0.717) is 24.1 Å². The van der Waals surface area contributed by atoms with E-state index in [-0.39, 0.29) is 0 Å². The molecule has 3 nitrogen and oxygen atoms in total. The average molecular weight is 242 g/mol. The van der Waals surface area contributed by atoms with E-state index in [9.17, 15) is 0 Å². The highest BCUT2D eigenvalue weighted by atomic mass is 32.2. The van der Waals surface area contributed by atoms with Crippen LogP contribution in [-0.2, 0) is 4.74 Å². The van der Waals surface area contributed by atoms with Crippen LogP contribution in [-0.4, -0.2) is 36.2 Å². The predicted octanol–water partition coefficient (Wildman–Crippen LogP) is 2.27. The van der Waals surface area contributed by atoms with Crippen LogP contribution in [0.5, 0.6) is 0 Å². The Morgan fingerprint density at radius 2 is 2.25 bits per heavy atom. The fourth-order valence-corrected chi connectivity index (χ4v) is 3.57. The van der Waals surface area contributed by atoms with Gasteiger partial charge in [0.05, 0.1) is 18.2 Å². The first kappa shape index (κ1) is 12.2. The van der Waals surface area contributed by atoms with Crippen molar-refractivity contribution in [2.24, 2.45) is 10.9 Å². The van der Waals surface area contributed by atoms with E-state index in [1.807, 2.05) is 18.9 Å². The van der Waals surface area contributed by atoms with Gasteiger partial charge in [0.2, 0.25) is 0 Å². The number of thioether (sulfide) groups is 1. The smallest absolute Gasteiger partial charge is 0.157 e. The Morgan fingerprint density at radius 1 is 1.44 bits per heavy atom. The van der Waals surface area contributed by atoms with Gasteiger partial charge in [-0.2, -0.15) is 0 Å². The molecule has 1 fully saturated rings. The van der Waals surface area contributed by atoms with Gasteiger partial charge >= 0.3 is 0 Å². The Balaban J connectivity index is 1.88. The summed E-state index contributed by atoms with van der Waals surface area (Å²) >= 11 is 1.86. The SMILES string of the molecule is COC1CCCC1NC1=N[C@@H](C(C)C)CS1. The van der Waals surface area contributed by atoms with E-state index in [1.165, 1.54) is 19.3 Å². The Morgan fingerprint density at radius 3 is 2.88 bits per heavy atom. The van der Waals surface area contributed by atoms with E-state index < -0.39 is 0 Å². The monoisotopic (exact) mass is 242 g/mol. The summed E-state index contributed by atoms with van der Waals surface area (Å²) in [5.41, 5.74) is 0. The van der Waals surface area contributed by atoms with Gasteiger partial charge in [-0.1, -0.05) is 25.6 Å². The number of rotatable bonds is 3. The normalized spacial score (nSPS) is 34.5. The van der Waals surface area contributed by atoms with Gasteiger partial charge in [-0.25, -0.2) is 0 Å². The fourth-order valence-electron chi connectivity index (χ4n) is 2.34. The van der Waals surface area contributed by atoms with Crippen molar-refractivity contribution in [1.29, 1.82) is 0 Å². The second-order valence-electron chi connectivity index (χ2n) is 5.01. The molecule has 0 bridgehead atoms. The van der Waals surface area contributed by atoms with Crippen molar-refractivity contribution in [3.63, 3.8) is 0 Å². The molecule has 4 heteroatoms. The maximum absolute atomic E-state index is 5.48. The van der Waals surface area contributed by atoms with Crippen molar-refractivity contribution in [2.75, 3.05) is 12.9 Å². The Labute approximate surface area is 102 Å². The van der Waals surface area contributed by atoms with Crippen LogP contribution >= 0.6 is 11.8 Å².